The zero-order valence-corrected chi connectivity index (χ0v) is 11.0. The average molecular weight is 248 g/mol. The second-order valence-corrected chi connectivity index (χ2v) is 4.56. The van der Waals surface area contributed by atoms with E-state index in [1.807, 2.05) is 38.2 Å². The minimum absolute atomic E-state index is 0.0363. The first-order valence-electron chi connectivity index (χ1n) is 6.41. The molecule has 0 saturated carbocycles. The molecule has 0 aliphatic carbocycles. The number of ether oxygens (including phenoxy) is 1. The van der Waals surface area contributed by atoms with E-state index < -0.39 is 0 Å². The van der Waals surface area contributed by atoms with E-state index in [1.54, 1.807) is 4.90 Å². The van der Waals surface area contributed by atoms with Crippen LogP contribution in [-0.4, -0.2) is 37.0 Å². The molecule has 0 radical (unpaired) electrons. The van der Waals surface area contributed by atoms with Crippen molar-refractivity contribution in [1.82, 2.24) is 10.2 Å². The number of amides is 1. The smallest absolute Gasteiger partial charge is 0.239 e. The zero-order chi connectivity index (χ0) is 13.0. The number of rotatable bonds is 5. The Hall–Kier alpha value is -1.55. The van der Waals surface area contributed by atoms with Crippen molar-refractivity contribution in [2.24, 2.45) is 0 Å². The summed E-state index contributed by atoms with van der Waals surface area (Å²) in [7, 11) is 1.85. The maximum absolute atomic E-state index is 11.7. The van der Waals surface area contributed by atoms with E-state index in [2.05, 4.69) is 5.32 Å². The minimum Gasteiger partial charge on any atom is -0.494 e. The van der Waals surface area contributed by atoms with Crippen molar-refractivity contribution in [2.75, 3.05) is 20.2 Å². The number of nitrogens with zero attached hydrogens (tertiary/aromatic N) is 1. The molecule has 2 rings (SSSR count). The predicted octanol–water partition coefficient (Wildman–Crippen LogP) is 1.41. The summed E-state index contributed by atoms with van der Waals surface area (Å²) in [4.78, 5) is 13.5. The van der Waals surface area contributed by atoms with Crippen molar-refractivity contribution in [3.63, 3.8) is 0 Å². The largest absolute Gasteiger partial charge is 0.494 e. The molecule has 1 heterocycles. The summed E-state index contributed by atoms with van der Waals surface area (Å²) in [6.45, 7) is 4.18. The fourth-order valence-electron chi connectivity index (χ4n) is 2.16. The number of likely N-dealkylation sites (tertiary alicyclic amines) is 1. The zero-order valence-electron chi connectivity index (χ0n) is 11.0. The van der Waals surface area contributed by atoms with Crippen LogP contribution in [0.1, 0.15) is 18.9 Å². The van der Waals surface area contributed by atoms with Gasteiger partial charge in [0.05, 0.1) is 12.6 Å². The molecular weight excluding hydrogens is 228 g/mol. The molecule has 0 bridgehead atoms. The Bertz CT molecular complexity index is 420. The molecular formula is C14H20N2O2. The Balaban J connectivity index is 1.90. The summed E-state index contributed by atoms with van der Waals surface area (Å²) in [6, 6.07) is 7.94. The summed E-state index contributed by atoms with van der Waals surface area (Å²) in [5.41, 5.74) is 1.14. The number of benzene rings is 1. The molecule has 0 aromatic heterocycles. The van der Waals surface area contributed by atoms with E-state index >= 15 is 0 Å². The van der Waals surface area contributed by atoms with Crippen LogP contribution in [0, 0.1) is 0 Å². The van der Waals surface area contributed by atoms with Gasteiger partial charge in [-0.2, -0.15) is 0 Å². The fraction of sp³-hybridized carbons (Fsp3) is 0.500. The van der Waals surface area contributed by atoms with E-state index in [0.717, 1.165) is 24.3 Å². The summed E-state index contributed by atoms with van der Waals surface area (Å²) in [6.07, 6.45) is 0.889. The first-order valence-corrected chi connectivity index (χ1v) is 6.41. The van der Waals surface area contributed by atoms with Gasteiger partial charge in [-0.3, -0.25) is 4.79 Å². The first kappa shape index (κ1) is 12.9. The Labute approximate surface area is 108 Å². The van der Waals surface area contributed by atoms with Gasteiger partial charge in [0.1, 0.15) is 5.75 Å². The van der Waals surface area contributed by atoms with Crippen LogP contribution in [0.25, 0.3) is 0 Å². The summed E-state index contributed by atoms with van der Waals surface area (Å²) in [5.74, 6) is 1.07. The van der Waals surface area contributed by atoms with Gasteiger partial charge in [0.15, 0.2) is 0 Å². The molecule has 1 amide bonds. The second kappa shape index (κ2) is 5.87. The number of hydrogen-bond donors (Lipinski definition) is 1. The molecule has 4 heteroatoms. The van der Waals surface area contributed by atoms with Gasteiger partial charge >= 0.3 is 0 Å². The number of carbonyl (C=O) groups excluding carboxylic acids is 1. The topological polar surface area (TPSA) is 41.6 Å². The highest BCUT2D eigenvalue weighted by Crippen LogP contribution is 2.14. The molecule has 4 nitrogen and oxygen atoms in total. The molecule has 18 heavy (non-hydrogen) atoms. The van der Waals surface area contributed by atoms with Crippen LogP contribution < -0.4 is 10.1 Å². The van der Waals surface area contributed by atoms with Crippen LogP contribution in [-0.2, 0) is 11.3 Å². The highest BCUT2D eigenvalue weighted by Gasteiger charge is 2.28. The molecule has 1 fully saturated rings. The van der Waals surface area contributed by atoms with Gasteiger partial charge in [-0.1, -0.05) is 12.1 Å². The predicted molar refractivity (Wildman–Crippen MR) is 70.5 cm³/mol. The van der Waals surface area contributed by atoms with Gasteiger partial charge in [-0.15, -0.1) is 0 Å². The van der Waals surface area contributed by atoms with Crippen molar-refractivity contribution in [3.05, 3.63) is 29.8 Å². The third-order valence-electron chi connectivity index (χ3n) is 3.19. The van der Waals surface area contributed by atoms with Crippen LogP contribution in [0.2, 0.25) is 0 Å². The Morgan fingerprint density at radius 1 is 1.50 bits per heavy atom. The van der Waals surface area contributed by atoms with Crippen LogP contribution >= 0.6 is 0 Å². The molecule has 98 valence electrons. The van der Waals surface area contributed by atoms with Crippen molar-refractivity contribution in [2.45, 2.75) is 25.9 Å². The third-order valence-corrected chi connectivity index (χ3v) is 3.19. The highest BCUT2D eigenvalue weighted by molar-refractivity contribution is 5.83. The molecule has 1 aromatic carbocycles. The third kappa shape index (κ3) is 3.01. The van der Waals surface area contributed by atoms with E-state index in [9.17, 15) is 4.79 Å². The van der Waals surface area contributed by atoms with Gasteiger partial charge in [0, 0.05) is 20.1 Å². The number of carbonyl (C=O) groups is 1. The van der Waals surface area contributed by atoms with Gasteiger partial charge in [-0.25, -0.2) is 0 Å². The van der Waals surface area contributed by atoms with Crippen LogP contribution in [0.15, 0.2) is 24.3 Å². The SMILES string of the molecule is CCOc1cccc(CNC2CCN(C)C2=O)c1. The second-order valence-electron chi connectivity index (χ2n) is 4.56. The number of hydrogen-bond acceptors (Lipinski definition) is 3. The standard InChI is InChI=1S/C14H20N2O2/c1-3-18-12-6-4-5-11(9-12)10-15-13-7-8-16(2)14(13)17/h4-6,9,13,15H,3,7-8,10H2,1-2H3. The summed E-state index contributed by atoms with van der Waals surface area (Å²) >= 11 is 0. The number of nitrogens with one attached hydrogen (secondary N) is 1. The van der Waals surface area contributed by atoms with Gasteiger partial charge < -0.3 is 15.0 Å². The lowest BCUT2D eigenvalue weighted by Gasteiger charge is -2.12. The highest BCUT2D eigenvalue weighted by atomic mass is 16.5. The van der Waals surface area contributed by atoms with E-state index in [4.69, 9.17) is 4.74 Å². The lowest BCUT2D eigenvalue weighted by molar-refractivity contribution is -0.128. The fourth-order valence-corrected chi connectivity index (χ4v) is 2.16. The number of likely N-dealkylation sites (N-methyl/N-ethyl adjacent to an activating group) is 1. The van der Waals surface area contributed by atoms with Crippen LogP contribution in [0.5, 0.6) is 5.75 Å². The summed E-state index contributed by atoms with van der Waals surface area (Å²) < 4.78 is 5.45. The summed E-state index contributed by atoms with van der Waals surface area (Å²) in [5, 5.41) is 3.30. The molecule has 1 atom stereocenters. The quantitative estimate of drug-likeness (QED) is 0.856. The van der Waals surface area contributed by atoms with E-state index in [-0.39, 0.29) is 11.9 Å². The monoisotopic (exact) mass is 248 g/mol. The maximum atomic E-state index is 11.7. The van der Waals surface area contributed by atoms with Crippen molar-refractivity contribution in [1.29, 1.82) is 0 Å². The van der Waals surface area contributed by atoms with Crippen molar-refractivity contribution < 1.29 is 9.53 Å². The van der Waals surface area contributed by atoms with Gasteiger partial charge in [0.25, 0.3) is 0 Å². The first-order chi connectivity index (χ1) is 8.70. The lowest BCUT2D eigenvalue weighted by atomic mass is 10.2. The maximum Gasteiger partial charge on any atom is 0.239 e. The average Bonchev–Trinajstić information content (AvgIpc) is 2.69. The van der Waals surface area contributed by atoms with Crippen molar-refractivity contribution in [3.8, 4) is 5.75 Å². The van der Waals surface area contributed by atoms with Gasteiger partial charge in [-0.05, 0) is 31.0 Å². The van der Waals surface area contributed by atoms with E-state index in [1.165, 1.54) is 0 Å². The molecule has 1 aromatic rings. The van der Waals surface area contributed by atoms with E-state index in [0.29, 0.717) is 13.2 Å². The Morgan fingerprint density at radius 3 is 3.00 bits per heavy atom. The lowest BCUT2D eigenvalue weighted by Crippen LogP contribution is -2.36. The Morgan fingerprint density at radius 2 is 2.33 bits per heavy atom. The minimum atomic E-state index is -0.0363. The molecule has 1 N–H and O–H groups in total. The van der Waals surface area contributed by atoms with Crippen molar-refractivity contribution >= 4 is 5.91 Å². The molecule has 1 unspecified atom stereocenters. The molecule has 1 aliphatic rings. The normalized spacial score (nSPS) is 19.3. The molecule has 1 saturated heterocycles. The molecule has 1 aliphatic heterocycles. The van der Waals surface area contributed by atoms with Gasteiger partial charge in [0.2, 0.25) is 5.91 Å². The molecule has 0 spiro atoms. The Kier molecular flexibility index (Phi) is 4.20. The van der Waals surface area contributed by atoms with Crippen LogP contribution in [0.4, 0.5) is 0 Å². The van der Waals surface area contributed by atoms with Crippen LogP contribution in [0.3, 0.4) is 0 Å².